The van der Waals surface area contributed by atoms with Gasteiger partial charge < -0.3 is 0 Å². The summed E-state index contributed by atoms with van der Waals surface area (Å²) in [7, 11) is 0. The summed E-state index contributed by atoms with van der Waals surface area (Å²) < 4.78 is 16.8. The zero-order valence-corrected chi connectivity index (χ0v) is 7.73. The molecule has 0 heterocycles. The van der Waals surface area contributed by atoms with Gasteiger partial charge in [-0.05, 0) is 0 Å². The maximum atomic E-state index is 10.7. The van der Waals surface area contributed by atoms with Gasteiger partial charge in [0.1, 0.15) is 0 Å². The van der Waals surface area contributed by atoms with Crippen LogP contribution in [0.1, 0.15) is 0 Å². The van der Waals surface area contributed by atoms with Gasteiger partial charge >= 0.3 is 61.2 Å². The van der Waals surface area contributed by atoms with Gasteiger partial charge in [0.25, 0.3) is 0 Å². The molecule has 1 atom stereocenters. The van der Waals surface area contributed by atoms with Crippen LogP contribution in [0.25, 0.3) is 0 Å². The van der Waals surface area contributed by atoms with Gasteiger partial charge in [0, 0.05) is 0 Å². The second-order valence-corrected chi connectivity index (χ2v) is 5.46. The molecule has 0 bridgehead atoms. The van der Waals surface area contributed by atoms with Crippen LogP contribution < -0.4 is 7.40 Å². The minimum atomic E-state index is -2.77. The molecule has 1 aromatic carbocycles. The van der Waals surface area contributed by atoms with Crippen LogP contribution in [0.3, 0.4) is 0 Å². The molecule has 0 spiro atoms. The second-order valence-electron chi connectivity index (χ2n) is 1.73. The first-order valence-corrected chi connectivity index (χ1v) is 6.89. The van der Waals surface area contributed by atoms with E-state index in [1.165, 1.54) is 0 Å². The standard InChI is InChI=1S/C6H5.H2N.O.Sb.H/c1-2-4-6-5-3-1;;;;/h1-5H;1H2;;;/q;-1;;+1;. The average Bonchev–Trinajstić information content (AvgIpc) is 1.90. The first-order chi connectivity index (χ1) is 4.30. The quantitative estimate of drug-likeness (QED) is 0.663. The number of hydrogen-bond acceptors (Lipinski definition) is 1. The van der Waals surface area contributed by atoms with Crippen molar-refractivity contribution >= 4 is 24.0 Å². The van der Waals surface area contributed by atoms with E-state index in [1.807, 2.05) is 30.3 Å². The minimum absolute atomic E-state index is 0.833. The van der Waals surface area contributed by atoms with Gasteiger partial charge in [0.2, 0.25) is 0 Å². The Bertz CT molecular complexity index is 210. The third kappa shape index (κ3) is 1.88. The van der Waals surface area contributed by atoms with Crippen LogP contribution in [0.4, 0.5) is 0 Å². The second kappa shape index (κ2) is 3.09. The van der Waals surface area contributed by atoms with Gasteiger partial charge in [-0.25, -0.2) is 0 Å². The molecule has 0 radical (unpaired) electrons. The molecular weight excluding hydrogens is 224 g/mol. The van der Waals surface area contributed by atoms with Crippen LogP contribution in [-0.2, 0) is 3.02 Å². The summed E-state index contributed by atoms with van der Waals surface area (Å²) in [5.41, 5.74) is 0. The van der Waals surface area contributed by atoms with Crippen molar-refractivity contribution < 1.29 is 3.02 Å². The number of benzene rings is 1. The topological polar surface area (TPSA) is 43.1 Å². The fraction of sp³-hybridized carbons (Fsp3) is 0. The summed E-state index contributed by atoms with van der Waals surface area (Å²) in [6, 6.07) is 9.19. The Balaban J connectivity index is 2.98. The third-order valence-corrected chi connectivity index (χ3v) is 3.63. The van der Waals surface area contributed by atoms with Gasteiger partial charge in [-0.15, -0.1) is 0 Å². The van der Waals surface area contributed by atoms with Crippen LogP contribution in [0.15, 0.2) is 30.3 Å². The number of rotatable bonds is 1. The molecule has 48 valence electrons. The summed E-state index contributed by atoms with van der Waals surface area (Å²) in [5, 5.41) is 0. The van der Waals surface area contributed by atoms with Crippen molar-refractivity contribution in [2.24, 2.45) is 3.89 Å². The van der Waals surface area contributed by atoms with E-state index >= 15 is 0 Å². The fourth-order valence-electron chi connectivity index (χ4n) is 0.602. The number of nitrogens with two attached hydrogens (primary N) is 1. The van der Waals surface area contributed by atoms with Gasteiger partial charge in [-0.1, -0.05) is 0 Å². The zero-order chi connectivity index (χ0) is 6.69. The van der Waals surface area contributed by atoms with Crippen molar-refractivity contribution in [3.63, 3.8) is 0 Å². The van der Waals surface area contributed by atoms with E-state index in [0.717, 1.165) is 3.51 Å². The zero-order valence-electron chi connectivity index (χ0n) is 4.87. The monoisotopic (exact) mass is 231 g/mol. The Labute approximate surface area is 61.4 Å². The van der Waals surface area contributed by atoms with E-state index in [-0.39, 0.29) is 0 Å². The molecule has 0 aliphatic rings. The molecule has 0 aromatic heterocycles. The van der Waals surface area contributed by atoms with Crippen molar-refractivity contribution in [1.29, 1.82) is 0 Å². The molecule has 2 nitrogen and oxygen atoms in total. The van der Waals surface area contributed by atoms with E-state index in [2.05, 4.69) is 0 Å². The average molecular weight is 232 g/mol. The summed E-state index contributed by atoms with van der Waals surface area (Å²) in [6.45, 7) is 0. The Morgan fingerprint density at radius 2 is 1.78 bits per heavy atom. The third-order valence-electron chi connectivity index (χ3n) is 1.06. The molecule has 1 unspecified atom stereocenters. The predicted molar refractivity (Wildman–Crippen MR) is 38.1 cm³/mol. The van der Waals surface area contributed by atoms with Crippen molar-refractivity contribution in [1.82, 2.24) is 0 Å². The molecule has 0 fully saturated rings. The van der Waals surface area contributed by atoms with E-state index in [1.54, 1.807) is 0 Å². The van der Waals surface area contributed by atoms with Gasteiger partial charge in [0.15, 0.2) is 0 Å². The molecule has 0 amide bonds. The van der Waals surface area contributed by atoms with Gasteiger partial charge in [-0.2, -0.15) is 0 Å². The molecule has 0 saturated carbocycles. The van der Waals surface area contributed by atoms with E-state index in [9.17, 15) is 3.02 Å². The van der Waals surface area contributed by atoms with Gasteiger partial charge in [-0.3, -0.25) is 0 Å². The van der Waals surface area contributed by atoms with Crippen LogP contribution >= 0.6 is 0 Å². The molecule has 9 heavy (non-hydrogen) atoms. The summed E-state index contributed by atoms with van der Waals surface area (Å²) in [4.78, 5) is 0. The van der Waals surface area contributed by atoms with E-state index in [0.29, 0.717) is 0 Å². The van der Waals surface area contributed by atoms with Crippen molar-refractivity contribution in [3.05, 3.63) is 30.3 Å². The molecule has 1 rings (SSSR count). The SMILES string of the molecule is [NH2][SbH](=[O])[c]1ccccc1. The van der Waals surface area contributed by atoms with E-state index in [4.69, 9.17) is 3.89 Å². The fourth-order valence-corrected chi connectivity index (χ4v) is 2.09. The van der Waals surface area contributed by atoms with Gasteiger partial charge in [0.05, 0.1) is 0 Å². The number of hydrogen-bond donors (Lipinski definition) is 1. The van der Waals surface area contributed by atoms with Crippen LogP contribution in [-0.4, -0.2) is 20.5 Å². The Morgan fingerprint density at radius 3 is 2.11 bits per heavy atom. The molecule has 0 aliphatic heterocycles. The van der Waals surface area contributed by atoms with Crippen molar-refractivity contribution in [2.75, 3.05) is 0 Å². The molecule has 0 aliphatic carbocycles. The molecule has 2 N–H and O–H groups in total. The summed E-state index contributed by atoms with van der Waals surface area (Å²) in [6.07, 6.45) is 0. The van der Waals surface area contributed by atoms with Crippen LogP contribution in [0.2, 0.25) is 0 Å². The first kappa shape index (κ1) is 6.91. The summed E-state index contributed by atoms with van der Waals surface area (Å²) >= 11 is -2.77. The molecule has 1 aromatic rings. The van der Waals surface area contributed by atoms with Crippen molar-refractivity contribution in [2.45, 2.75) is 0 Å². The first-order valence-electron chi connectivity index (χ1n) is 2.65. The molecule has 0 saturated heterocycles. The molecule has 3 heteroatoms. The van der Waals surface area contributed by atoms with Crippen LogP contribution in [0.5, 0.6) is 0 Å². The normalized spacial score (nSPS) is 13.0. The Morgan fingerprint density at radius 1 is 1.22 bits per heavy atom. The van der Waals surface area contributed by atoms with E-state index < -0.39 is 20.5 Å². The Hall–Kier alpha value is -0.202. The summed E-state index contributed by atoms with van der Waals surface area (Å²) in [5.74, 6) is 0. The molecular formula is C6H8NOSb. The Kier molecular flexibility index (Phi) is 2.37. The predicted octanol–water partition coefficient (Wildman–Crippen LogP) is -0.497. The van der Waals surface area contributed by atoms with Crippen LogP contribution in [0, 0.1) is 0 Å². The maximum absolute atomic E-state index is 10.7. The van der Waals surface area contributed by atoms with Crippen molar-refractivity contribution in [3.8, 4) is 0 Å².